The SMILES string of the molecule is CCCNCc1cnc(N2CC(C)C(C)C2)nc1C. The van der Waals surface area contributed by atoms with E-state index in [1.54, 1.807) is 0 Å². The lowest BCUT2D eigenvalue weighted by Crippen LogP contribution is -2.23. The number of aryl methyl sites for hydroxylation is 1. The van der Waals surface area contributed by atoms with Gasteiger partial charge in [0.05, 0.1) is 0 Å². The third kappa shape index (κ3) is 3.44. The molecule has 0 aromatic carbocycles. The molecule has 1 aliphatic heterocycles. The number of aromatic nitrogens is 2. The number of hydrogen-bond acceptors (Lipinski definition) is 4. The molecule has 1 N–H and O–H groups in total. The van der Waals surface area contributed by atoms with Gasteiger partial charge in [-0.1, -0.05) is 20.8 Å². The summed E-state index contributed by atoms with van der Waals surface area (Å²) in [5.41, 5.74) is 2.30. The van der Waals surface area contributed by atoms with E-state index in [0.717, 1.165) is 56.1 Å². The number of anilines is 1. The van der Waals surface area contributed by atoms with E-state index in [1.807, 2.05) is 6.20 Å². The van der Waals surface area contributed by atoms with Gasteiger partial charge in [0.15, 0.2) is 0 Å². The Kier molecular flexibility index (Phi) is 4.75. The Bertz CT molecular complexity index is 409. The fourth-order valence-corrected chi connectivity index (χ4v) is 2.50. The zero-order valence-corrected chi connectivity index (χ0v) is 12.6. The zero-order chi connectivity index (χ0) is 13.8. The molecule has 2 heterocycles. The molecule has 0 aliphatic carbocycles. The van der Waals surface area contributed by atoms with Crippen molar-refractivity contribution in [2.24, 2.45) is 11.8 Å². The maximum absolute atomic E-state index is 4.68. The Morgan fingerprint density at radius 3 is 2.58 bits per heavy atom. The van der Waals surface area contributed by atoms with Crippen molar-refractivity contribution in [1.82, 2.24) is 15.3 Å². The van der Waals surface area contributed by atoms with Gasteiger partial charge in [-0.25, -0.2) is 9.97 Å². The van der Waals surface area contributed by atoms with Gasteiger partial charge < -0.3 is 10.2 Å². The molecular formula is C15H26N4. The van der Waals surface area contributed by atoms with Gasteiger partial charge >= 0.3 is 0 Å². The average Bonchev–Trinajstić information content (AvgIpc) is 2.72. The third-order valence-electron chi connectivity index (χ3n) is 4.08. The van der Waals surface area contributed by atoms with E-state index in [-0.39, 0.29) is 0 Å². The summed E-state index contributed by atoms with van der Waals surface area (Å²) >= 11 is 0. The molecule has 2 unspecified atom stereocenters. The smallest absolute Gasteiger partial charge is 0.225 e. The van der Waals surface area contributed by atoms with E-state index < -0.39 is 0 Å². The van der Waals surface area contributed by atoms with Gasteiger partial charge in [-0.3, -0.25) is 0 Å². The van der Waals surface area contributed by atoms with Gasteiger partial charge in [0.1, 0.15) is 0 Å². The van der Waals surface area contributed by atoms with Crippen molar-refractivity contribution >= 4 is 5.95 Å². The van der Waals surface area contributed by atoms with Gasteiger partial charge in [-0.15, -0.1) is 0 Å². The van der Waals surface area contributed by atoms with Crippen molar-refractivity contribution in [3.63, 3.8) is 0 Å². The van der Waals surface area contributed by atoms with Crippen LogP contribution in [-0.2, 0) is 6.54 Å². The van der Waals surface area contributed by atoms with Crippen molar-refractivity contribution < 1.29 is 0 Å². The van der Waals surface area contributed by atoms with Gasteiger partial charge in [-0.2, -0.15) is 0 Å². The Morgan fingerprint density at radius 2 is 2.00 bits per heavy atom. The summed E-state index contributed by atoms with van der Waals surface area (Å²) in [6.07, 6.45) is 3.13. The van der Waals surface area contributed by atoms with Crippen LogP contribution < -0.4 is 10.2 Å². The Hall–Kier alpha value is -1.16. The number of rotatable bonds is 5. The quantitative estimate of drug-likeness (QED) is 0.827. The van der Waals surface area contributed by atoms with Crippen LogP contribution >= 0.6 is 0 Å². The van der Waals surface area contributed by atoms with Crippen molar-refractivity contribution in [2.45, 2.75) is 40.7 Å². The molecule has 0 saturated carbocycles. The first-order valence-electron chi connectivity index (χ1n) is 7.40. The van der Waals surface area contributed by atoms with Crippen LogP contribution in [-0.4, -0.2) is 29.6 Å². The summed E-state index contributed by atoms with van der Waals surface area (Å²) in [7, 11) is 0. The van der Waals surface area contributed by atoms with Gasteiger partial charge in [-0.05, 0) is 31.7 Å². The van der Waals surface area contributed by atoms with Gasteiger partial charge in [0.25, 0.3) is 0 Å². The van der Waals surface area contributed by atoms with Crippen LogP contribution in [0.3, 0.4) is 0 Å². The molecule has 2 rings (SSSR count). The van der Waals surface area contributed by atoms with E-state index in [1.165, 1.54) is 5.56 Å². The lowest BCUT2D eigenvalue weighted by atomic mass is 10.0. The van der Waals surface area contributed by atoms with Crippen LogP contribution in [0.15, 0.2) is 6.20 Å². The van der Waals surface area contributed by atoms with Crippen LogP contribution in [0.25, 0.3) is 0 Å². The molecule has 0 spiro atoms. The van der Waals surface area contributed by atoms with Crippen LogP contribution in [0.4, 0.5) is 5.95 Å². The molecule has 106 valence electrons. The molecule has 19 heavy (non-hydrogen) atoms. The van der Waals surface area contributed by atoms with Crippen LogP contribution in [0.5, 0.6) is 0 Å². The maximum atomic E-state index is 4.68. The molecule has 1 aromatic heterocycles. The van der Waals surface area contributed by atoms with E-state index in [2.05, 4.69) is 47.9 Å². The summed E-state index contributed by atoms with van der Waals surface area (Å²) < 4.78 is 0. The summed E-state index contributed by atoms with van der Waals surface area (Å²) in [6, 6.07) is 0. The summed E-state index contributed by atoms with van der Waals surface area (Å²) in [4.78, 5) is 11.5. The average molecular weight is 262 g/mol. The molecule has 1 aromatic rings. The Balaban J connectivity index is 2.02. The first-order chi connectivity index (χ1) is 9.11. The number of nitrogens with one attached hydrogen (secondary N) is 1. The number of nitrogens with zero attached hydrogens (tertiary/aromatic N) is 3. The molecule has 1 saturated heterocycles. The molecule has 2 atom stereocenters. The second kappa shape index (κ2) is 6.33. The molecule has 1 fully saturated rings. The van der Waals surface area contributed by atoms with E-state index >= 15 is 0 Å². The molecular weight excluding hydrogens is 236 g/mol. The second-order valence-corrected chi connectivity index (χ2v) is 5.82. The van der Waals surface area contributed by atoms with E-state index in [9.17, 15) is 0 Å². The van der Waals surface area contributed by atoms with Crippen molar-refractivity contribution in [3.8, 4) is 0 Å². The topological polar surface area (TPSA) is 41.1 Å². The fraction of sp³-hybridized carbons (Fsp3) is 0.733. The zero-order valence-electron chi connectivity index (χ0n) is 12.6. The third-order valence-corrected chi connectivity index (χ3v) is 4.08. The largest absolute Gasteiger partial charge is 0.340 e. The van der Waals surface area contributed by atoms with Crippen molar-refractivity contribution in [1.29, 1.82) is 0 Å². The summed E-state index contributed by atoms with van der Waals surface area (Å²) in [6.45, 7) is 12.9. The van der Waals surface area contributed by atoms with Crippen molar-refractivity contribution in [3.05, 3.63) is 17.5 Å². The Morgan fingerprint density at radius 1 is 1.32 bits per heavy atom. The highest BCUT2D eigenvalue weighted by Crippen LogP contribution is 2.25. The van der Waals surface area contributed by atoms with E-state index in [4.69, 9.17) is 0 Å². The van der Waals surface area contributed by atoms with Crippen LogP contribution in [0.2, 0.25) is 0 Å². The predicted octanol–water partition coefficient (Wildman–Crippen LogP) is 2.38. The highest BCUT2D eigenvalue weighted by Gasteiger charge is 2.27. The first kappa shape index (κ1) is 14.3. The molecule has 1 aliphatic rings. The number of hydrogen-bond donors (Lipinski definition) is 1. The normalized spacial score (nSPS) is 23.1. The minimum absolute atomic E-state index is 0.731. The standard InChI is InChI=1S/C15H26N4/c1-5-6-16-7-14-8-17-15(18-13(14)4)19-9-11(2)12(3)10-19/h8,11-12,16H,5-7,9-10H2,1-4H3. The van der Waals surface area contributed by atoms with Crippen molar-refractivity contribution in [2.75, 3.05) is 24.5 Å². The first-order valence-corrected chi connectivity index (χ1v) is 7.40. The highest BCUT2D eigenvalue weighted by atomic mass is 15.3. The van der Waals surface area contributed by atoms with Gasteiger partial charge in [0.2, 0.25) is 5.95 Å². The van der Waals surface area contributed by atoms with Crippen LogP contribution in [0.1, 0.15) is 38.4 Å². The molecule has 0 bridgehead atoms. The lowest BCUT2D eigenvalue weighted by Gasteiger charge is -2.17. The molecule has 4 heteroatoms. The Labute approximate surface area is 116 Å². The summed E-state index contributed by atoms with van der Waals surface area (Å²) in [5.74, 6) is 2.36. The summed E-state index contributed by atoms with van der Waals surface area (Å²) in [5, 5.41) is 3.40. The monoisotopic (exact) mass is 262 g/mol. The molecule has 0 amide bonds. The molecule has 4 nitrogen and oxygen atoms in total. The predicted molar refractivity (Wildman–Crippen MR) is 79.3 cm³/mol. The lowest BCUT2D eigenvalue weighted by molar-refractivity contribution is 0.494. The minimum Gasteiger partial charge on any atom is -0.340 e. The maximum Gasteiger partial charge on any atom is 0.225 e. The van der Waals surface area contributed by atoms with Crippen LogP contribution in [0, 0.1) is 18.8 Å². The second-order valence-electron chi connectivity index (χ2n) is 5.82. The fourth-order valence-electron chi connectivity index (χ4n) is 2.50. The highest BCUT2D eigenvalue weighted by molar-refractivity contribution is 5.34. The molecule has 0 radical (unpaired) electrons. The minimum atomic E-state index is 0.731. The van der Waals surface area contributed by atoms with Gasteiger partial charge in [0, 0.05) is 37.1 Å². The van der Waals surface area contributed by atoms with E-state index in [0.29, 0.717) is 0 Å².